The molecule has 0 heterocycles. The van der Waals surface area contributed by atoms with Crippen molar-refractivity contribution in [3.63, 3.8) is 0 Å². The van der Waals surface area contributed by atoms with Crippen molar-refractivity contribution in [3.8, 4) is 17.6 Å². The Morgan fingerprint density at radius 1 is 0.786 bits per heavy atom. The molecule has 3 rings (SSSR count). The Morgan fingerprint density at radius 3 is 2.00 bits per heavy atom. The van der Waals surface area contributed by atoms with Crippen molar-refractivity contribution < 1.29 is 5.11 Å². The maximum atomic E-state index is 10.3. The topological polar surface area (TPSA) is 23.5 Å². The molecule has 0 amide bonds. The molecule has 0 atom stereocenters. The van der Waals surface area contributed by atoms with Crippen LogP contribution < -0.4 is 4.90 Å². The van der Waals surface area contributed by atoms with Crippen molar-refractivity contribution in [2.45, 2.75) is 39.5 Å². The fourth-order valence-electron chi connectivity index (χ4n) is 3.29. The number of hydrogen-bond donors (Lipinski definition) is 1. The molecule has 0 aliphatic carbocycles. The maximum Gasteiger partial charge on any atom is 0.131 e. The number of benzene rings is 3. The Kier molecular flexibility index (Phi) is 6.98. The van der Waals surface area contributed by atoms with Gasteiger partial charge in [0.1, 0.15) is 5.75 Å². The zero-order chi connectivity index (χ0) is 19.8. The number of anilines is 1. The molecule has 144 valence electrons. The SMILES string of the molecule is CCCCN(CCCC)c1ccc(C#Cc2cc3ccccc3cc2O)cc1. The van der Waals surface area contributed by atoms with E-state index in [1.165, 1.54) is 31.4 Å². The molecular weight excluding hydrogens is 342 g/mol. The van der Waals surface area contributed by atoms with Crippen molar-refractivity contribution in [2.75, 3.05) is 18.0 Å². The zero-order valence-electron chi connectivity index (χ0n) is 16.9. The highest BCUT2D eigenvalue weighted by Gasteiger charge is 2.05. The van der Waals surface area contributed by atoms with Gasteiger partial charge < -0.3 is 10.0 Å². The van der Waals surface area contributed by atoms with Crippen molar-refractivity contribution >= 4 is 16.5 Å². The molecule has 2 heteroatoms. The van der Waals surface area contributed by atoms with Gasteiger partial charge in [0, 0.05) is 24.3 Å². The standard InChI is InChI=1S/C26H29NO/c1-3-5-17-27(18-6-4-2)25-15-12-21(13-16-25)11-14-24-19-22-9-7-8-10-23(22)20-26(24)28/h7-10,12-13,15-16,19-20,28H,3-6,17-18H2,1-2H3. The Labute approximate surface area is 168 Å². The first-order valence-electron chi connectivity index (χ1n) is 10.3. The summed E-state index contributed by atoms with van der Waals surface area (Å²) < 4.78 is 0. The van der Waals surface area contributed by atoms with Crippen molar-refractivity contribution in [1.82, 2.24) is 0 Å². The van der Waals surface area contributed by atoms with Crippen molar-refractivity contribution in [3.05, 3.63) is 71.8 Å². The number of aromatic hydroxyl groups is 1. The molecule has 2 nitrogen and oxygen atoms in total. The molecule has 3 aromatic carbocycles. The molecule has 28 heavy (non-hydrogen) atoms. The van der Waals surface area contributed by atoms with E-state index in [0.29, 0.717) is 5.56 Å². The summed E-state index contributed by atoms with van der Waals surface area (Å²) >= 11 is 0. The van der Waals surface area contributed by atoms with Crippen LogP contribution in [0.15, 0.2) is 60.7 Å². The van der Waals surface area contributed by atoms with Gasteiger partial charge in [-0.1, -0.05) is 62.8 Å². The number of rotatable bonds is 7. The van der Waals surface area contributed by atoms with E-state index in [9.17, 15) is 5.11 Å². The molecule has 0 unspecified atom stereocenters. The summed E-state index contributed by atoms with van der Waals surface area (Å²) in [4.78, 5) is 2.47. The molecule has 1 N–H and O–H groups in total. The predicted molar refractivity (Wildman–Crippen MR) is 120 cm³/mol. The van der Waals surface area contributed by atoms with Crippen molar-refractivity contribution in [1.29, 1.82) is 0 Å². The van der Waals surface area contributed by atoms with Gasteiger partial charge >= 0.3 is 0 Å². The lowest BCUT2D eigenvalue weighted by molar-refractivity contribution is 0.474. The van der Waals surface area contributed by atoms with Crippen LogP contribution >= 0.6 is 0 Å². The number of phenolic OH excluding ortho intramolecular Hbond substituents is 1. The van der Waals surface area contributed by atoms with Crippen LogP contribution in [0, 0.1) is 11.8 Å². The second kappa shape index (κ2) is 9.85. The van der Waals surface area contributed by atoms with Gasteiger partial charge in [0.05, 0.1) is 5.56 Å². The lowest BCUT2D eigenvalue weighted by Crippen LogP contribution is -2.25. The molecule has 0 saturated heterocycles. The van der Waals surface area contributed by atoms with Crippen LogP contribution in [-0.4, -0.2) is 18.2 Å². The summed E-state index contributed by atoms with van der Waals surface area (Å²) in [5.41, 5.74) is 2.89. The van der Waals surface area contributed by atoms with Gasteiger partial charge in [-0.25, -0.2) is 0 Å². The van der Waals surface area contributed by atoms with Crippen LogP contribution in [0.2, 0.25) is 0 Å². The number of nitrogens with zero attached hydrogens (tertiary/aromatic N) is 1. The number of hydrogen-bond acceptors (Lipinski definition) is 2. The van der Waals surface area contributed by atoms with Gasteiger partial charge in [-0.05, 0) is 60.0 Å². The average molecular weight is 372 g/mol. The fourth-order valence-corrected chi connectivity index (χ4v) is 3.29. The quantitative estimate of drug-likeness (QED) is 0.489. The van der Waals surface area contributed by atoms with Crippen LogP contribution in [0.25, 0.3) is 10.8 Å². The minimum Gasteiger partial charge on any atom is -0.507 e. The van der Waals surface area contributed by atoms with Crippen LogP contribution in [0.1, 0.15) is 50.7 Å². The molecular formula is C26H29NO. The van der Waals surface area contributed by atoms with E-state index >= 15 is 0 Å². The van der Waals surface area contributed by atoms with Crippen LogP contribution in [0.5, 0.6) is 5.75 Å². The minimum absolute atomic E-state index is 0.230. The summed E-state index contributed by atoms with van der Waals surface area (Å²) in [5, 5.41) is 12.4. The third kappa shape index (κ3) is 5.08. The van der Waals surface area contributed by atoms with Crippen LogP contribution in [0.4, 0.5) is 5.69 Å². The zero-order valence-corrected chi connectivity index (χ0v) is 16.9. The summed E-state index contributed by atoms with van der Waals surface area (Å²) in [6, 6.07) is 20.2. The number of fused-ring (bicyclic) bond motifs is 1. The highest BCUT2D eigenvalue weighted by molar-refractivity contribution is 5.86. The Hall–Kier alpha value is -2.92. The highest BCUT2D eigenvalue weighted by atomic mass is 16.3. The Bertz CT molecular complexity index is 955. The van der Waals surface area contributed by atoms with Gasteiger partial charge in [0.25, 0.3) is 0 Å². The average Bonchev–Trinajstić information content (AvgIpc) is 2.73. The fraction of sp³-hybridized carbons (Fsp3) is 0.308. The first kappa shape index (κ1) is 19.8. The molecule has 0 aromatic heterocycles. The third-order valence-corrected chi connectivity index (χ3v) is 5.00. The highest BCUT2D eigenvalue weighted by Crippen LogP contribution is 2.24. The third-order valence-electron chi connectivity index (χ3n) is 5.00. The van der Waals surface area contributed by atoms with E-state index in [0.717, 1.165) is 29.4 Å². The minimum atomic E-state index is 0.230. The van der Waals surface area contributed by atoms with E-state index in [-0.39, 0.29) is 5.75 Å². The van der Waals surface area contributed by atoms with E-state index in [1.54, 1.807) is 6.07 Å². The summed E-state index contributed by atoms with van der Waals surface area (Å²) in [5.74, 6) is 6.55. The van der Waals surface area contributed by atoms with Gasteiger partial charge in [-0.2, -0.15) is 0 Å². The van der Waals surface area contributed by atoms with Crippen LogP contribution in [-0.2, 0) is 0 Å². The maximum absolute atomic E-state index is 10.3. The van der Waals surface area contributed by atoms with Crippen molar-refractivity contribution in [2.24, 2.45) is 0 Å². The van der Waals surface area contributed by atoms with E-state index in [4.69, 9.17) is 0 Å². The first-order chi connectivity index (χ1) is 13.7. The number of unbranched alkanes of at least 4 members (excludes halogenated alkanes) is 2. The summed E-state index contributed by atoms with van der Waals surface area (Å²) in [7, 11) is 0. The van der Waals surface area contributed by atoms with Gasteiger partial charge in [0.2, 0.25) is 0 Å². The van der Waals surface area contributed by atoms with Gasteiger partial charge in [-0.3, -0.25) is 0 Å². The monoisotopic (exact) mass is 371 g/mol. The Morgan fingerprint density at radius 2 is 1.39 bits per heavy atom. The van der Waals surface area contributed by atoms with Crippen LogP contribution in [0.3, 0.4) is 0 Å². The Balaban J connectivity index is 1.78. The summed E-state index contributed by atoms with van der Waals surface area (Å²) in [6.07, 6.45) is 4.85. The smallest absolute Gasteiger partial charge is 0.131 e. The molecule has 0 fully saturated rings. The lowest BCUT2D eigenvalue weighted by atomic mass is 10.1. The largest absolute Gasteiger partial charge is 0.507 e. The molecule has 0 aliphatic rings. The molecule has 0 spiro atoms. The molecule has 0 saturated carbocycles. The molecule has 0 radical (unpaired) electrons. The van der Waals surface area contributed by atoms with Gasteiger partial charge in [0.15, 0.2) is 0 Å². The molecule has 3 aromatic rings. The normalized spacial score (nSPS) is 10.5. The van der Waals surface area contributed by atoms with E-state index in [2.05, 4.69) is 54.9 Å². The first-order valence-corrected chi connectivity index (χ1v) is 10.3. The van der Waals surface area contributed by atoms with E-state index in [1.807, 2.05) is 30.3 Å². The van der Waals surface area contributed by atoms with E-state index < -0.39 is 0 Å². The lowest BCUT2D eigenvalue weighted by Gasteiger charge is -2.24. The molecule has 0 aliphatic heterocycles. The second-order valence-electron chi connectivity index (χ2n) is 7.21. The number of phenols is 1. The predicted octanol–water partition coefficient (Wildman–Crippen LogP) is 6.35. The second-order valence-corrected chi connectivity index (χ2v) is 7.21. The molecule has 0 bridgehead atoms. The van der Waals surface area contributed by atoms with Gasteiger partial charge in [-0.15, -0.1) is 0 Å². The summed E-state index contributed by atoms with van der Waals surface area (Å²) in [6.45, 7) is 6.68.